The van der Waals surface area contributed by atoms with Crippen molar-refractivity contribution in [1.82, 2.24) is 0 Å². The number of hydrogen-bond donors (Lipinski definition) is 1. The molecule has 1 aliphatic heterocycles. The highest BCUT2D eigenvalue weighted by Crippen LogP contribution is 2.68. The Balaban J connectivity index is 1.76. The van der Waals surface area contributed by atoms with Crippen LogP contribution < -0.4 is 0 Å². The topological polar surface area (TPSA) is 80.7 Å². The molecule has 0 spiro atoms. The third kappa shape index (κ3) is 3.06. The highest BCUT2D eigenvalue weighted by atomic mass is 16.6. The van der Waals surface area contributed by atoms with Crippen LogP contribution >= 0.6 is 0 Å². The van der Waals surface area contributed by atoms with Crippen molar-refractivity contribution in [2.45, 2.75) is 97.0 Å². The summed E-state index contributed by atoms with van der Waals surface area (Å²) in [6.07, 6.45) is 8.57. The molecule has 7 atom stereocenters. The van der Waals surface area contributed by atoms with Crippen molar-refractivity contribution in [3.05, 3.63) is 0 Å². The van der Waals surface area contributed by atoms with Gasteiger partial charge in [-0.25, -0.2) is 0 Å². The lowest BCUT2D eigenvalue weighted by Crippen LogP contribution is -2.60. The van der Waals surface area contributed by atoms with Crippen LogP contribution in [-0.4, -0.2) is 28.4 Å². The first-order valence-corrected chi connectivity index (χ1v) is 11.6. The minimum Gasteiger partial charge on any atom is -0.481 e. The van der Waals surface area contributed by atoms with Crippen molar-refractivity contribution in [2.24, 2.45) is 34.5 Å². The first-order valence-electron chi connectivity index (χ1n) is 11.6. The third-order valence-corrected chi connectivity index (χ3v) is 9.43. The first kappa shape index (κ1) is 20.9. The van der Waals surface area contributed by atoms with E-state index >= 15 is 0 Å². The summed E-state index contributed by atoms with van der Waals surface area (Å²) in [5.41, 5.74) is -1.27. The molecule has 0 amide bonds. The number of aliphatic carboxylic acids is 1. The lowest BCUT2D eigenvalue weighted by Gasteiger charge is -2.61. The quantitative estimate of drug-likeness (QED) is 0.510. The van der Waals surface area contributed by atoms with E-state index in [-0.39, 0.29) is 35.6 Å². The molecule has 1 heterocycles. The van der Waals surface area contributed by atoms with Gasteiger partial charge in [-0.15, -0.1) is 0 Å². The molecule has 1 N–H and O–H groups in total. The summed E-state index contributed by atoms with van der Waals surface area (Å²) < 4.78 is 6.12. The molecule has 0 bridgehead atoms. The number of esters is 1. The van der Waals surface area contributed by atoms with Crippen LogP contribution in [0.2, 0.25) is 0 Å². The molecule has 3 aliphatic carbocycles. The standard InChI is InChI=1S/C24H36O5/c1-4-5-6-10-24-13-15-16-7-8-19(25)22(16,2)11-9-17(15)23(3,14-20(26)27)18(24)12-21(28)29-24/h15-18H,4-14H2,1-3H3,(H,26,27). The maximum Gasteiger partial charge on any atom is 0.306 e. The lowest BCUT2D eigenvalue weighted by atomic mass is 9.43. The summed E-state index contributed by atoms with van der Waals surface area (Å²) in [6, 6.07) is 0. The predicted octanol–water partition coefficient (Wildman–Crippen LogP) is 4.76. The lowest BCUT2D eigenvalue weighted by molar-refractivity contribution is -0.189. The Labute approximate surface area is 174 Å². The molecule has 3 saturated carbocycles. The maximum absolute atomic E-state index is 12.7. The molecule has 5 heteroatoms. The fourth-order valence-electron chi connectivity index (χ4n) is 8.11. The van der Waals surface area contributed by atoms with E-state index in [1.807, 2.05) is 0 Å². The number of ether oxygens (including phenoxy) is 1. The normalized spacial score (nSPS) is 46.0. The van der Waals surface area contributed by atoms with Crippen LogP contribution in [0.5, 0.6) is 0 Å². The second kappa shape index (κ2) is 7.09. The summed E-state index contributed by atoms with van der Waals surface area (Å²) in [4.78, 5) is 37.2. The zero-order chi connectivity index (χ0) is 21.0. The van der Waals surface area contributed by atoms with Crippen LogP contribution in [0.25, 0.3) is 0 Å². The van der Waals surface area contributed by atoms with Gasteiger partial charge in [0.1, 0.15) is 11.4 Å². The van der Waals surface area contributed by atoms with Crippen molar-refractivity contribution in [3.63, 3.8) is 0 Å². The van der Waals surface area contributed by atoms with Crippen molar-refractivity contribution in [1.29, 1.82) is 0 Å². The minimum atomic E-state index is -0.786. The van der Waals surface area contributed by atoms with Gasteiger partial charge < -0.3 is 9.84 Å². The van der Waals surface area contributed by atoms with Crippen molar-refractivity contribution in [2.75, 3.05) is 0 Å². The molecule has 4 rings (SSSR count). The predicted molar refractivity (Wildman–Crippen MR) is 108 cm³/mol. The van der Waals surface area contributed by atoms with E-state index in [2.05, 4.69) is 20.8 Å². The van der Waals surface area contributed by atoms with Crippen molar-refractivity contribution >= 4 is 17.7 Å². The average Bonchev–Trinajstić information content (AvgIpc) is 3.12. The van der Waals surface area contributed by atoms with Gasteiger partial charge in [0, 0.05) is 17.8 Å². The maximum atomic E-state index is 12.7. The number of carboxylic acids is 1. The molecule has 4 fully saturated rings. The van der Waals surface area contributed by atoms with E-state index in [4.69, 9.17) is 4.74 Å². The SMILES string of the molecule is CCCCCC12CC3C4CCC(=O)C4(C)CCC3C(C)(CC(=O)O)C1CC(=O)O2. The second-order valence-corrected chi connectivity index (χ2v) is 10.8. The number of rotatable bonds is 6. The Morgan fingerprint density at radius 1 is 1.17 bits per heavy atom. The van der Waals surface area contributed by atoms with E-state index in [0.29, 0.717) is 24.5 Å². The Bertz CT molecular complexity index is 716. The molecular formula is C24H36O5. The first-order chi connectivity index (χ1) is 13.7. The summed E-state index contributed by atoms with van der Waals surface area (Å²) >= 11 is 0. The molecule has 7 unspecified atom stereocenters. The number of carbonyl (C=O) groups excluding carboxylic acids is 2. The number of Topliss-reactive ketones (excluding diaryl/α,β-unsaturated/α-hetero) is 1. The van der Waals surface area contributed by atoms with Crippen LogP contribution in [0.1, 0.15) is 91.4 Å². The summed E-state index contributed by atoms with van der Waals surface area (Å²) in [6.45, 7) is 6.41. The molecule has 0 aromatic heterocycles. The van der Waals surface area contributed by atoms with Crippen LogP contribution in [0.4, 0.5) is 0 Å². The largest absolute Gasteiger partial charge is 0.481 e. The number of unbranched alkanes of at least 4 members (excludes halogenated alkanes) is 2. The number of hydrogen-bond acceptors (Lipinski definition) is 4. The summed E-state index contributed by atoms with van der Waals surface area (Å²) in [5, 5.41) is 9.81. The van der Waals surface area contributed by atoms with E-state index in [9.17, 15) is 19.5 Å². The van der Waals surface area contributed by atoms with E-state index in [1.54, 1.807) is 0 Å². The highest BCUT2D eigenvalue weighted by Gasteiger charge is 2.68. The Morgan fingerprint density at radius 2 is 1.93 bits per heavy atom. The Hall–Kier alpha value is -1.39. The van der Waals surface area contributed by atoms with E-state index in [1.165, 1.54) is 0 Å². The number of carboxylic acid groups (broad SMARTS) is 1. The third-order valence-electron chi connectivity index (χ3n) is 9.43. The van der Waals surface area contributed by atoms with Gasteiger partial charge in [0.25, 0.3) is 0 Å². The van der Waals surface area contributed by atoms with Gasteiger partial charge in [0.05, 0.1) is 12.8 Å². The van der Waals surface area contributed by atoms with Crippen LogP contribution in [0, 0.1) is 34.5 Å². The number of carbonyl (C=O) groups is 3. The zero-order valence-corrected chi connectivity index (χ0v) is 18.2. The smallest absolute Gasteiger partial charge is 0.306 e. The summed E-state index contributed by atoms with van der Waals surface area (Å²) in [5.74, 6) is 0.224. The number of ketones is 1. The van der Waals surface area contributed by atoms with E-state index < -0.39 is 17.0 Å². The second-order valence-electron chi connectivity index (χ2n) is 10.8. The van der Waals surface area contributed by atoms with Crippen LogP contribution in [-0.2, 0) is 19.1 Å². The van der Waals surface area contributed by atoms with Gasteiger partial charge in [-0.1, -0.05) is 33.6 Å². The fourth-order valence-corrected chi connectivity index (χ4v) is 8.11. The molecule has 0 aromatic rings. The highest BCUT2D eigenvalue weighted by molar-refractivity contribution is 5.87. The number of fused-ring (bicyclic) bond motifs is 4. The molecule has 5 nitrogen and oxygen atoms in total. The van der Waals surface area contributed by atoms with Gasteiger partial charge >= 0.3 is 11.9 Å². The van der Waals surface area contributed by atoms with Crippen molar-refractivity contribution < 1.29 is 24.2 Å². The summed E-state index contributed by atoms with van der Waals surface area (Å²) in [7, 11) is 0. The molecule has 0 radical (unpaired) electrons. The zero-order valence-electron chi connectivity index (χ0n) is 18.2. The molecular weight excluding hydrogens is 368 g/mol. The Morgan fingerprint density at radius 3 is 2.62 bits per heavy atom. The monoisotopic (exact) mass is 404 g/mol. The van der Waals surface area contributed by atoms with Gasteiger partial charge in [0.2, 0.25) is 0 Å². The van der Waals surface area contributed by atoms with Gasteiger partial charge in [-0.2, -0.15) is 0 Å². The minimum absolute atomic E-state index is 0.0295. The molecule has 162 valence electrons. The van der Waals surface area contributed by atoms with Gasteiger partial charge in [-0.3, -0.25) is 14.4 Å². The van der Waals surface area contributed by atoms with Crippen LogP contribution in [0.3, 0.4) is 0 Å². The molecule has 1 saturated heterocycles. The van der Waals surface area contributed by atoms with Gasteiger partial charge in [0.15, 0.2) is 0 Å². The fraction of sp³-hybridized carbons (Fsp3) is 0.875. The van der Waals surface area contributed by atoms with Crippen molar-refractivity contribution in [3.8, 4) is 0 Å². The molecule has 4 aliphatic rings. The molecule has 29 heavy (non-hydrogen) atoms. The average molecular weight is 405 g/mol. The Kier molecular flexibility index (Phi) is 5.10. The van der Waals surface area contributed by atoms with E-state index in [0.717, 1.165) is 51.4 Å². The van der Waals surface area contributed by atoms with Gasteiger partial charge in [-0.05, 0) is 61.7 Å². The van der Waals surface area contributed by atoms with Crippen LogP contribution in [0.15, 0.2) is 0 Å². The molecule has 0 aromatic carbocycles.